The van der Waals surface area contributed by atoms with Gasteiger partial charge < -0.3 is 10.6 Å². The zero-order valence-electron chi connectivity index (χ0n) is 15.9. The van der Waals surface area contributed by atoms with Crippen LogP contribution in [-0.2, 0) is 6.54 Å². The van der Waals surface area contributed by atoms with Gasteiger partial charge in [0, 0.05) is 24.3 Å². The molecule has 0 aliphatic heterocycles. The van der Waals surface area contributed by atoms with Crippen LogP contribution in [0.1, 0.15) is 34.1 Å². The monoisotopic (exact) mass is 496 g/mol. The molecule has 0 aliphatic rings. The van der Waals surface area contributed by atoms with Gasteiger partial charge in [-0.05, 0) is 44.5 Å². The van der Waals surface area contributed by atoms with E-state index < -0.39 is 0 Å². The van der Waals surface area contributed by atoms with Gasteiger partial charge in [0.25, 0.3) is 0 Å². The lowest BCUT2D eigenvalue weighted by Crippen LogP contribution is -2.38. The second-order valence-electron chi connectivity index (χ2n) is 6.09. The first kappa shape index (κ1) is 21.4. The van der Waals surface area contributed by atoms with Crippen molar-refractivity contribution in [1.82, 2.24) is 25.4 Å². The predicted molar refractivity (Wildman–Crippen MR) is 122 cm³/mol. The first-order chi connectivity index (χ1) is 12.6. The molecule has 1 unspecified atom stereocenters. The first-order valence-electron chi connectivity index (χ1n) is 8.57. The lowest BCUT2D eigenvalue weighted by atomic mass is 10.1. The standard InChI is InChI=1S/C19H24N6S.HI/c1-13-15(3)26-18(23-13)12-21-19(20-4)24-14(2)16-7-5-8-17(11-16)25-10-6-9-22-25;/h5-11,14H,12H2,1-4H3,(H2,20,21,24);1H. The van der Waals surface area contributed by atoms with Crippen LogP contribution in [0.25, 0.3) is 5.69 Å². The molecular weight excluding hydrogens is 471 g/mol. The van der Waals surface area contributed by atoms with E-state index in [1.54, 1.807) is 24.6 Å². The maximum atomic E-state index is 4.56. The molecule has 1 aromatic carbocycles. The molecule has 27 heavy (non-hydrogen) atoms. The highest BCUT2D eigenvalue weighted by atomic mass is 127. The number of aromatic nitrogens is 3. The number of nitrogens with one attached hydrogen (secondary N) is 2. The van der Waals surface area contributed by atoms with Gasteiger partial charge >= 0.3 is 0 Å². The number of hydrogen-bond donors (Lipinski definition) is 2. The predicted octanol–water partition coefficient (Wildman–Crippen LogP) is 3.99. The lowest BCUT2D eigenvalue weighted by molar-refractivity contribution is 0.683. The Balaban J connectivity index is 0.00000261. The summed E-state index contributed by atoms with van der Waals surface area (Å²) in [5, 5.41) is 12.1. The SMILES string of the molecule is CN=C(NCc1nc(C)c(C)s1)NC(C)c1cccc(-n2cccn2)c1.I. The zero-order chi connectivity index (χ0) is 18.5. The molecule has 2 aromatic heterocycles. The largest absolute Gasteiger partial charge is 0.350 e. The number of benzene rings is 1. The summed E-state index contributed by atoms with van der Waals surface area (Å²) >= 11 is 1.72. The normalized spacial score (nSPS) is 12.4. The molecule has 0 saturated carbocycles. The summed E-state index contributed by atoms with van der Waals surface area (Å²) in [5.74, 6) is 0.757. The van der Waals surface area contributed by atoms with Crippen LogP contribution in [0.3, 0.4) is 0 Å². The Kier molecular flexibility index (Phi) is 7.78. The van der Waals surface area contributed by atoms with Crippen LogP contribution in [0.2, 0.25) is 0 Å². The Hall–Kier alpha value is -1.94. The van der Waals surface area contributed by atoms with Crippen LogP contribution >= 0.6 is 35.3 Å². The number of thiazole rings is 1. The van der Waals surface area contributed by atoms with Crippen molar-refractivity contribution in [3.05, 3.63) is 63.9 Å². The van der Waals surface area contributed by atoms with Gasteiger partial charge in [0.15, 0.2) is 5.96 Å². The Morgan fingerprint density at radius 1 is 1.30 bits per heavy atom. The van der Waals surface area contributed by atoms with E-state index in [9.17, 15) is 0 Å². The van der Waals surface area contributed by atoms with Gasteiger partial charge in [0.1, 0.15) is 5.01 Å². The first-order valence-corrected chi connectivity index (χ1v) is 9.38. The number of aliphatic imine (C=N–C) groups is 1. The van der Waals surface area contributed by atoms with Gasteiger partial charge in [0.2, 0.25) is 0 Å². The molecule has 8 heteroatoms. The molecule has 2 N–H and O–H groups in total. The number of rotatable bonds is 5. The van der Waals surface area contributed by atoms with E-state index in [0.717, 1.165) is 22.3 Å². The fourth-order valence-electron chi connectivity index (χ4n) is 2.62. The molecule has 2 heterocycles. The molecule has 1 atom stereocenters. The molecule has 0 bridgehead atoms. The molecule has 3 aromatic rings. The maximum absolute atomic E-state index is 4.56. The minimum atomic E-state index is 0. The van der Waals surface area contributed by atoms with Crippen molar-refractivity contribution in [3.8, 4) is 5.69 Å². The average Bonchev–Trinajstić information content (AvgIpc) is 3.29. The lowest BCUT2D eigenvalue weighted by Gasteiger charge is -2.18. The summed E-state index contributed by atoms with van der Waals surface area (Å²) in [6, 6.07) is 10.3. The Labute approximate surface area is 181 Å². The maximum Gasteiger partial charge on any atom is 0.191 e. The average molecular weight is 496 g/mol. The molecular formula is C19H25IN6S. The summed E-state index contributed by atoms with van der Waals surface area (Å²) < 4.78 is 1.86. The molecule has 0 spiro atoms. The second-order valence-corrected chi connectivity index (χ2v) is 7.37. The van der Waals surface area contributed by atoms with Gasteiger partial charge in [-0.25, -0.2) is 9.67 Å². The molecule has 6 nitrogen and oxygen atoms in total. The molecule has 0 fully saturated rings. The van der Waals surface area contributed by atoms with Crippen molar-refractivity contribution in [2.45, 2.75) is 33.4 Å². The third-order valence-corrected chi connectivity index (χ3v) is 5.27. The molecule has 0 amide bonds. The quantitative estimate of drug-likeness (QED) is 0.319. The van der Waals surface area contributed by atoms with Crippen molar-refractivity contribution < 1.29 is 0 Å². The van der Waals surface area contributed by atoms with Crippen LogP contribution in [0.15, 0.2) is 47.7 Å². The van der Waals surface area contributed by atoms with Crippen LogP contribution in [0, 0.1) is 13.8 Å². The van der Waals surface area contributed by atoms with Crippen LogP contribution in [0.4, 0.5) is 0 Å². The molecule has 0 radical (unpaired) electrons. The van der Waals surface area contributed by atoms with Crippen molar-refractivity contribution in [3.63, 3.8) is 0 Å². The number of guanidine groups is 1. The van der Waals surface area contributed by atoms with Gasteiger partial charge in [-0.1, -0.05) is 12.1 Å². The number of halogens is 1. The summed E-state index contributed by atoms with van der Waals surface area (Å²) in [5.41, 5.74) is 3.30. The number of nitrogens with zero attached hydrogens (tertiary/aromatic N) is 4. The van der Waals surface area contributed by atoms with Crippen molar-refractivity contribution >= 4 is 41.3 Å². The van der Waals surface area contributed by atoms with Gasteiger partial charge in [-0.3, -0.25) is 4.99 Å². The molecule has 0 saturated heterocycles. The Bertz CT molecular complexity index is 868. The summed E-state index contributed by atoms with van der Waals surface area (Å²) in [4.78, 5) is 10.1. The van der Waals surface area contributed by atoms with E-state index in [2.05, 4.69) is 51.7 Å². The summed E-state index contributed by atoms with van der Waals surface area (Å²) in [6.45, 7) is 6.92. The highest BCUT2D eigenvalue weighted by Gasteiger charge is 2.10. The van der Waals surface area contributed by atoms with Gasteiger partial charge in [0.05, 0.1) is 24.0 Å². The van der Waals surface area contributed by atoms with Gasteiger partial charge in [-0.15, -0.1) is 35.3 Å². The smallest absolute Gasteiger partial charge is 0.191 e. The summed E-state index contributed by atoms with van der Waals surface area (Å²) in [6.07, 6.45) is 3.72. The molecule has 0 aliphatic carbocycles. The Morgan fingerprint density at radius 3 is 2.74 bits per heavy atom. The summed E-state index contributed by atoms with van der Waals surface area (Å²) in [7, 11) is 1.78. The van der Waals surface area contributed by atoms with E-state index in [-0.39, 0.29) is 30.0 Å². The number of hydrogen-bond acceptors (Lipinski definition) is 4. The third-order valence-electron chi connectivity index (χ3n) is 4.20. The van der Waals surface area contributed by atoms with Crippen molar-refractivity contribution in [2.75, 3.05) is 7.05 Å². The second kappa shape index (κ2) is 9.84. The van der Waals surface area contributed by atoms with E-state index >= 15 is 0 Å². The van der Waals surface area contributed by atoms with E-state index in [4.69, 9.17) is 0 Å². The van der Waals surface area contributed by atoms with Crippen molar-refractivity contribution in [2.24, 2.45) is 4.99 Å². The molecule has 144 valence electrons. The number of aryl methyl sites for hydroxylation is 2. The minimum Gasteiger partial charge on any atom is -0.350 e. The molecule has 3 rings (SSSR count). The van der Waals surface area contributed by atoms with E-state index in [0.29, 0.717) is 6.54 Å². The van der Waals surface area contributed by atoms with Crippen molar-refractivity contribution in [1.29, 1.82) is 0 Å². The topological polar surface area (TPSA) is 67.1 Å². The fourth-order valence-corrected chi connectivity index (χ4v) is 3.49. The fraction of sp³-hybridized carbons (Fsp3) is 0.316. The van der Waals surface area contributed by atoms with E-state index in [1.165, 1.54) is 10.4 Å². The van der Waals surface area contributed by atoms with Gasteiger partial charge in [-0.2, -0.15) is 5.10 Å². The zero-order valence-corrected chi connectivity index (χ0v) is 19.1. The minimum absolute atomic E-state index is 0. The highest BCUT2D eigenvalue weighted by molar-refractivity contribution is 14.0. The Morgan fingerprint density at radius 2 is 2.11 bits per heavy atom. The van der Waals surface area contributed by atoms with Crippen LogP contribution in [-0.4, -0.2) is 27.8 Å². The third kappa shape index (κ3) is 5.52. The highest BCUT2D eigenvalue weighted by Crippen LogP contribution is 2.17. The van der Waals surface area contributed by atoms with Crippen LogP contribution in [0.5, 0.6) is 0 Å². The van der Waals surface area contributed by atoms with E-state index in [1.807, 2.05) is 36.0 Å². The van der Waals surface area contributed by atoms with Crippen LogP contribution < -0.4 is 10.6 Å².